The second kappa shape index (κ2) is 9.87. The molecule has 0 spiro atoms. The second-order valence-electron chi connectivity index (χ2n) is 4.03. The third kappa shape index (κ3) is 6.55. The summed E-state index contributed by atoms with van der Waals surface area (Å²) < 4.78 is 15.2. The summed E-state index contributed by atoms with van der Waals surface area (Å²) in [6, 6.07) is 3.13. The molecule has 0 saturated carbocycles. The number of carbonyl (C=O) groups is 3. The highest BCUT2D eigenvalue weighted by molar-refractivity contribution is 5.97. The van der Waals surface area contributed by atoms with E-state index < -0.39 is 17.8 Å². The standard InChI is InChI=1S/C10H13NO4.C4H6O4/c1-13-7-5-4-6(10(11)12)8(14-2)9(7)15-3;5-3(6)1-2-4(7)8/h4-5H,1-3H3,(H2,11,12);1-2H2,(H,5,6)(H,7,8). The van der Waals surface area contributed by atoms with Gasteiger partial charge in [0.1, 0.15) is 0 Å². The Labute approximate surface area is 132 Å². The first-order chi connectivity index (χ1) is 10.8. The molecule has 0 aliphatic heterocycles. The number of carboxylic acid groups (broad SMARTS) is 2. The molecular formula is C14H19NO8. The van der Waals surface area contributed by atoms with Crippen LogP contribution in [0.25, 0.3) is 0 Å². The Morgan fingerprint density at radius 2 is 1.39 bits per heavy atom. The summed E-state index contributed by atoms with van der Waals surface area (Å²) in [5.41, 5.74) is 5.45. The van der Waals surface area contributed by atoms with E-state index in [1.807, 2.05) is 0 Å². The summed E-state index contributed by atoms with van der Waals surface area (Å²) >= 11 is 0. The van der Waals surface area contributed by atoms with Crippen LogP contribution in [0.4, 0.5) is 0 Å². The van der Waals surface area contributed by atoms with Gasteiger partial charge >= 0.3 is 11.9 Å². The van der Waals surface area contributed by atoms with Gasteiger partial charge < -0.3 is 30.2 Å². The number of hydrogen-bond donors (Lipinski definition) is 3. The van der Waals surface area contributed by atoms with E-state index in [0.29, 0.717) is 11.5 Å². The maximum atomic E-state index is 11.1. The summed E-state index contributed by atoms with van der Waals surface area (Å²) in [5.74, 6) is -1.60. The normalized spacial score (nSPS) is 9.17. The molecule has 128 valence electrons. The molecule has 0 aliphatic carbocycles. The number of primary amides is 1. The molecule has 23 heavy (non-hydrogen) atoms. The van der Waals surface area contributed by atoms with Crippen molar-refractivity contribution in [1.82, 2.24) is 0 Å². The first-order valence-corrected chi connectivity index (χ1v) is 6.30. The average Bonchev–Trinajstić information content (AvgIpc) is 2.51. The van der Waals surface area contributed by atoms with Gasteiger partial charge in [0.05, 0.1) is 39.7 Å². The number of rotatable bonds is 7. The lowest BCUT2D eigenvalue weighted by Gasteiger charge is -2.13. The minimum Gasteiger partial charge on any atom is -0.493 e. The molecule has 0 heterocycles. The largest absolute Gasteiger partial charge is 0.493 e. The number of methoxy groups -OCH3 is 3. The van der Waals surface area contributed by atoms with Gasteiger partial charge in [-0.1, -0.05) is 0 Å². The molecular weight excluding hydrogens is 310 g/mol. The smallest absolute Gasteiger partial charge is 0.303 e. The van der Waals surface area contributed by atoms with Crippen molar-refractivity contribution in [2.45, 2.75) is 12.8 Å². The number of amides is 1. The van der Waals surface area contributed by atoms with Crippen molar-refractivity contribution in [2.24, 2.45) is 5.73 Å². The lowest BCUT2D eigenvalue weighted by atomic mass is 10.1. The third-order valence-electron chi connectivity index (χ3n) is 2.52. The van der Waals surface area contributed by atoms with Crippen LogP contribution in [0.5, 0.6) is 17.2 Å². The molecule has 0 bridgehead atoms. The molecule has 1 rings (SSSR count). The first-order valence-electron chi connectivity index (χ1n) is 6.30. The Morgan fingerprint density at radius 1 is 0.913 bits per heavy atom. The maximum Gasteiger partial charge on any atom is 0.303 e. The second-order valence-corrected chi connectivity index (χ2v) is 4.03. The molecule has 0 unspecified atom stereocenters. The zero-order valence-corrected chi connectivity index (χ0v) is 13.0. The molecule has 9 heteroatoms. The Kier molecular flexibility index (Phi) is 8.60. The summed E-state index contributed by atoms with van der Waals surface area (Å²) in [4.78, 5) is 30.4. The van der Waals surface area contributed by atoms with Crippen molar-refractivity contribution in [3.63, 3.8) is 0 Å². The van der Waals surface area contributed by atoms with Crippen molar-refractivity contribution >= 4 is 17.8 Å². The monoisotopic (exact) mass is 329 g/mol. The molecule has 1 aromatic rings. The zero-order chi connectivity index (χ0) is 18.0. The van der Waals surface area contributed by atoms with Crippen LogP contribution in [0.15, 0.2) is 12.1 Å². The van der Waals surface area contributed by atoms with Crippen LogP contribution < -0.4 is 19.9 Å². The number of ether oxygens (including phenoxy) is 3. The highest BCUT2D eigenvalue weighted by Crippen LogP contribution is 2.39. The summed E-state index contributed by atoms with van der Waals surface area (Å²) in [5, 5.41) is 15.8. The van der Waals surface area contributed by atoms with Crippen LogP contribution in [0.1, 0.15) is 23.2 Å². The van der Waals surface area contributed by atoms with Crippen LogP contribution in [-0.4, -0.2) is 49.4 Å². The Hall–Kier alpha value is -2.97. The molecule has 9 nitrogen and oxygen atoms in total. The molecule has 0 aliphatic rings. The van der Waals surface area contributed by atoms with Crippen molar-refractivity contribution < 1.29 is 38.8 Å². The van der Waals surface area contributed by atoms with Crippen LogP contribution in [0, 0.1) is 0 Å². The quantitative estimate of drug-likeness (QED) is 0.664. The number of benzene rings is 1. The molecule has 0 fully saturated rings. The van der Waals surface area contributed by atoms with Crippen LogP contribution in [0.2, 0.25) is 0 Å². The van der Waals surface area contributed by atoms with E-state index in [4.69, 9.17) is 30.2 Å². The minimum absolute atomic E-state index is 0.259. The maximum absolute atomic E-state index is 11.1. The highest BCUT2D eigenvalue weighted by Gasteiger charge is 2.18. The van der Waals surface area contributed by atoms with E-state index in [2.05, 4.69) is 0 Å². The third-order valence-corrected chi connectivity index (χ3v) is 2.52. The molecule has 0 radical (unpaired) electrons. The molecule has 1 amide bonds. The number of carboxylic acids is 2. The van der Waals surface area contributed by atoms with Crippen LogP contribution >= 0.6 is 0 Å². The molecule has 0 atom stereocenters. The van der Waals surface area contributed by atoms with Gasteiger partial charge in [-0.3, -0.25) is 14.4 Å². The van der Waals surface area contributed by atoms with Gasteiger partial charge in [-0.05, 0) is 12.1 Å². The van der Waals surface area contributed by atoms with E-state index in [0.717, 1.165) is 0 Å². The van der Waals surface area contributed by atoms with E-state index in [9.17, 15) is 14.4 Å². The van der Waals surface area contributed by atoms with Gasteiger partial charge in [-0.15, -0.1) is 0 Å². The lowest BCUT2D eigenvalue weighted by Crippen LogP contribution is -2.13. The predicted octanol–water partition coefficient (Wildman–Crippen LogP) is 0.747. The number of nitrogens with two attached hydrogens (primary N) is 1. The summed E-state index contributed by atoms with van der Waals surface area (Å²) in [7, 11) is 4.40. The van der Waals surface area contributed by atoms with Gasteiger partial charge in [0.25, 0.3) is 5.91 Å². The number of hydrogen-bond acceptors (Lipinski definition) is 6. The van der Waals surface area contributed by atoms with Crippen LogP contribution in [-0.2, 0) is 9.59 Å². The first kappa shape index (κ1) is 20.0. The van der Waals surface area contributed by atoms with Crippen molar-refractivity contribution in [1.29, 1.82) is 0 Å². The zero-order valence-electron chi connectivity index (χ0n) is 13.0. The topological polar surface area (TPSA) is 145 Å². The van der Waals surface area contributed by atoms with Gasteiger partial charge in [-0.2, -0.15) is 0 Å². The highest BCUT2D eigenvalue weighted by atomic mass is 16.5. The fraction of sp³-hybridized carbons (Fsp3) is 0.357. The SMILES string of the molecule is COc1ccc(C(N)=O)c(OC)c1OC.O=C(O)CCC(=O)O. The fourth-order valence-corrected chi connectivity index (χ4v) is 1.51. The Morgan fingerprint density at radius 3 is 1.70 bits per heavy atom. The Balaban J connectivity index is 0.000000515. The van der Waals surface area contributed by atoms with Crippen molar-refractivity contribution in [3.05, 3.63) is 17.7 Å². The van der Waals surface area contributed by atoms with E-state index >= 15 is 0 Å². The van der Waals surface area contributed by atoms with Gasteiger partial charge in [0.15, 0.2) is 11.5 Å². The van der Waals surface area contributed by atoms with Crippen molar-refractivity contribution in [3.8, 4) is 17.2 Å². The number of aliphatic carboxylic acids is 2. The minimum atomic E-state index is -1.08. The average molecular weight is 329 g/mol. The Bertz CT molecular complexity index is 556. The molecule has 4 N–H and O–H groups in total. The van der Waals surface area contributed by atoms with E-state index in [1.54, 1.807) is 6.07 Å². The summed E-state index contributed by atoms with van der Waals surface area (Å²) in [6.45, 7) is 0. The van der Waals surface area contributed by atoms with Gasteiger partial charge in [0, 0.05) is 0 Å². The fourth-order valence-electron chi connectivity index (χ4n) is 1.51. The van der Waals surface area contributed by atoms with E-state index in [-0.39, 0.29) is 24.2 Å². The van der Waals surface area contributed by atoms with Crippen LogP contribution in [0.3, 0.4) is 0 Å². The van der Waals surface area contributed by atoms with E-state index in [1.165, 1.54) is 27.4 Å². The summed E-state index contributed by atoms with van der Waals surface area (Å²) in [6.07, 6.45) is -0.593. The van der Waals surface area contributed by atoms with Gasteiger partial charge in [-0.25, -0.2) is 0 Å². The lowest BCUT2D eigenvalue weighted by molar-refractivity contribution is -0.143. The molecule has 1 aromatic carbocycles. The number of carbonyl (C=O) groups excluding carboxylic acids is 1. The molecule has 0 aromatic heterocycles. The van der Waals surface area contributed by atoms with Gasteiger partial charge in [0.2, 0.25) is 5.75 Å². The molecule has 0 saturated heterocycles. The predicted molar refractivity (Wildman–Crippen MR) is 79.1 cm³/mol. The van der Waals surface area contributed by atoms with Crippen molar-refractivity contribution in [2.75, 3.05) is 21.3 Å².